The topological polar surface area (TPSA) is 29.5 Å². The lowest BCUT2D eigenvalue weighted by molar-refractivity contribution is 0.156. The normalized spacial score (nSPS) is 24.5. The third-order valence-corrected chi connectivity index (χ3v) is 6.95. The highest BCUT2D eigenvalue weighted by atomic mass is 32.2. The Morgan fingerprint density at radius 2 is 2.12 bits per heavy atom. The molecule has 140 valence electrons. The van der Waals surface area contributed by atoms with Crippen molar-refractivity contribution >= 4 is 11.4 Å². The van der Waals surface area contributed by atoms with Crippen LogP contribution in [0.5, 0.6) is 0 Å². The van der Waals surface area contributed by atoms with Crippen molar-refractivity contribution in [2.24, 2.45) is 0 Å². The molecule has 5 heteroatoms. The van der Waals surface area contributed by atoms with Gasteiger partial charge in [0.15, 0.2) is 0 Å². The maximum absolute atomic E-state index is 13.7. The second-order valence-electron chi connectivity index (χ2n) is 7.85. The molecule has 1 aromatic rings. The van der Waals surface area contributed by atoms with Crippen molar-refractivity contribution in [3.8, 4) is 0 Å². The van der Waals surface area contributed by atoms with E-state index in [0.717, 1.165) is 24.9 Å². The first-order valence-electron chi connectivity index (χ1n) is 8.93. The van der Waals surface area contributed by atoms with E-state index < -0.39 is 11.4 Å². The molecule has 2 unspecified atom stereocenters. The molecule has 0 aromatic heterocycles. The van der Waals surface area contributed by atoms with E-state index >= 15 is 0 Å². The summed E-state index contributed by atoms with van der Waals surface area (Å²) in [4.78, 5) is 2.38. The van der Waals surface area contributed by atoms with Crippen LogP contribution in [0.1, 0.15) is 52.1 Å². The summed E-state index contributed by atoms with van der Waals surface area (Å²) < 4.78 is 28.1. The first-order chi connectivity index (χ1) is 11.7. The van der Waals surface area contributed by atoms with E-state index in [2.05, 4.69) is 18.4 Å². The molecule has 1 aliphatic heterocycles. The Hall–Kier alpha value is -0.880. The van der Waals surface area contributed by atoms with Crippen LogP contribution >= 0.6 is 0 Å². The molecule has 1 aromatic carbocycles. The van der Waals surface area contributed by atoms with Crippen molar-refractivity contribution in [2.75, 3.05) is 13.6 Å². The fraction of sp³-hybridized carbons (Fsp3) is 0.600. The van der Waals surface area contributed by atoms with E-state index in [9.17, 15) is 8.94 Å². The molecule has 0 aliphatic carbocycles. The summed E-state index contributed by atoms with van der Waals surface area (Å²) in [6, 6.07) is 7.46. The van der Waals surface area contributed by atoms with Gasteiger partial charge >= 0.3 is 0 Å². The minimum absolute atomic E-state index is 0.138. The van der Waals surface area contributed by atoms with Gasteiger partial charge in [0, 0.05) is 37.0 Å². The van der Waals surface area contributed by atoms with Crippen LogP contribution in [-0.4, -0.2) is 44.2 Å². The second kappa shape index (κ2) is 8.21. The van der Waals surface area contributed by atoms with Crippen LogP contribution in [0.2, 0.25) is 0 Å². The lowest BCUT2D eigenvalue weighted by atomic mass is 10.0. The predicted molar refractivity (Wildman–Crippen MR) is 104 cm³/mol. The van der Waals surface area contributed by atoms with E-state index in [1.54, 1.807) is 12.1 Å². The SMILES string of the molecule is C=CCN1[C@@H](C(C)N(C)[S+]([O-])C(C)(C)C)CC[C@H]1c1cccc(F)c1. The number of hydrogen-bond donors (Lipinski definition) is 0. The molecule has 0 N–H and O–H groups in total. The summed E-state index contributed by atoms with van der Waals surface area (Å²) in [6.07, 6.45) is 3.88. The highest BCUT2D eigenvalue weighted by Gasteiger charge is 2.42. The van der Waals surface area contributed by atoms with E-state index in [-0.39, 0.29) is 28.7 Å². The molecule has 1 heterocycles. The number of benzene rings is 1. The van der Waals surface area contributed by atoms with Gasteiger partial charge < -0.3 is 4.55 Å². The highest BCUT2D eigenvalue weighted by Crippen LogP contribution is 2.39. The van der Waals surface area contributed by atoms with Crippen molar-refractivity contribution in [3.05, 3.63) is 48.3 Å². The van der Waals surface area contributed by atoms with Gasteiger partial charge in [-0.05, 0) is 58.2 Å². The van der Waals surface area contributed by atoms with E-state index in [4.69, 9.17) is 0 Å². The molecule has 4 atom stereocenters. The fourth-order valence-corrected chi connectivity index (χ4v) is 5.03. The van der Waals surface area contributed by atoms with Gasteiger partial charge in [0.2, 0.25) is 0 Å². The van der Waals surface area contributed by atoms with Crippen LogP contribution in [0.25, 0.3) is 0 Å². The van der Waals surface area contributed by atoms with E-state index in [0.29, 0.717) is 0 Å². The third kappa shape index (κ3) is 4.64. The Morgan fingerprint density at radius 3 is 2.68 bits per heavy atom. The van der Waals surface area contributed by atoms with Crippen LogP contribution in [0, 0.1) is 5.82 Å². The zero-order valence-electron chi connectivity index (χ0n) is 16.0. The van der Waals surface area contributed by atoms with Crippen LogP contribution in [0.3, 0.4) is 0 Å². The van der Waals surface area contributed by atoms with E-state index in [1.165, 1.54) is 6.07 Å². The lowest BCUT2D eigenvalue weighted by Crippen LogP contribution is -2.52. The maximum Gasteiger partial charge on any atom is 0.137 e. The molecule has 0 saturated carbocycles. The van der Waals surface area contributed by atoms with Crippen molar-refractivity contribution in [3.63, 3.8) is 0 Å². The summed E-state index contributed by atoms with van der Waals surface area (Å²) in [7, 11) is 1.94. The van der Waals surface area contributed by atoms with Crippen LogP contribution < -0.4 is 0 Å². The largest absolute Gasteiger partial charge is 0.597 e. The number of likely N-dealkylation sites (tertiary alicyclic amines) is 1. The number of rotatable bonds is 6. The fourth-order valence-electron chi connectivity index (χ4n) is 3.72. The Kier molecular flexibility index (Phi) is 6.71. The second-order valence-corrected chi connectivity index (χ2v) is 10.1. The summed E-state index contributed by atoms with van der Waals surface area (Å²) in [5.74, 6) is -0.196. The van der Waals surface area contributed by atoms with Crippen molar-refractivity contribution in [1.29, 1.82) is 0 Å². The Labute approximate surface area is 155 Å². The standard InChI is InChI=1S/C20H31FN2OS/c1-7-13-23-18(15(2)22(6)25(24)20(3,4)5)11-12-19(23)16-9-8-10-17(21)14-16/h7-10,14-15,18-19H,1,11-13H2,2-6H3/t15?,18-,19+,25?/m1/s1. The van der Waals surface area contributed by atoms with Crippen LogP contribution in [-0.2, 0) is 11.4 Å². The molecule has 3 nitrogen and oxygen atoms in total. The monoisotopic (exact) mass is 366 g/mol. The average molecular weight is 367 g/mol. The number of hydrogen-bond acceptors (Lipinski definition) is 3. The van der Waals surface area contributed by atoms with Gasteiger partial charge in [0.05, 0.1) is 6.04 Å². The first kappa shape index (κ1) is 20.4. The Balaban J connectivity index is 2.22. The number of nitrogens with zero attached hydrogens (tertiary/aromatic N) is 2. The van der Waals surface area contributed by atoms with Gasteiger partial charge in [0.1, 0.15) is 10.6 Å². The van der Waals surface area contributed by atoms with Crippen molar-refractivity contribution < 1.29 is 8.94 Å². The zero-order valence-corrected chi connectivity index (χ0v) is 16.9. The molecular formula is C20H31FN2OS. The predicted octanol–water partition coefficient (Wildman–Crippen LogP) is 4.30. The van der Waals surface area contributed by atoms with Gasteiger partial charge in [-0.25, -0.2) is 4.39 Å². The quantitative estimate of drug-likeness (QED) is 0.555. The summed E-state index contributed by atoms with van der Waals surface area (Å²) in [6.45, 7) is 12.8. The molecule has 1 saturated heterocycles. The Bertz CT molecular complexity index is 589. The third-order valence-electron chi connectivity index (χ3n) is 5.05. The lowest BCUT2D eigenvalue weighted by Gasteiger charge is -2.39. The molecule has 2 rings (SSSR count). The van der Waals surface area contributed by atoms with Crippen LogP contribution in [0.15, 0.2) is 36.9 Å². The van der Waals surface area contributed by atoms with Crippen molar-refractivity contribution in [1.82, 2.24) is 9.21 Å². The molecule has 1 aliphatic rings. The van der Waals surface area contributed by atoms with Crippen LogP contribution in [0.4, 0.5) is 4.39 Å². The van der Waals surface area contributed by atoms with Gasteiger partial charge in [-0.3, -0.25) is 4.90 Å². The van der Waals surface area contributed by atoms with Crippen molar-refractivity contribution in [2.45, 2.75) is 63.4 Å². The molecule has 1 fully saturated rings. The molecule has 25 heavy (non-hydrogen) atoms. The zero-order chi connectivity index (χ0) is 18.8. The van der Waals surface area contributed by atoms with Gasteiger partial charge in [-0.1, -0.05) is 18.2 Å². The molecule has 0 bridgehead atoms. The summed E-state index contributed by atoms with van der Waals surface area (Å²) >= 11 is -1.07. The first-order valence-corrected chi connectivity index (χ1v) is 10.0. The molecule has 0 amide bonds. The minimum Gasteiger partial charge on any atom is -0.597 e. The minimum atomic E-state index is -1.07. The van der Waals surface area contributed by atoms with E-state index in [1.807, 2.05) is 44.3 Å². The molecule has 0 spiro atoms. The Morgan fingerprint density at radius 1 is 1.44 bits per heavy atom. The highest BCUT2D eigenvalue weighted by molar-refractivity contribution is 7.90. The van der Waals surface area contributed by atoms with Gasteiger partial charge in [0.25, 0.3) is 0 Å². The average Bonchev–Trinajstić information content (AvgIpc) is 2.96. The maximum atomic E-state index is 13.7. The smallest absolute Gasteiger partial charge is 0.137 e. The number of likely N-dealkylation sites (N-methyl/N-ethyl adjacent to an activating group) is 1. The summed E-state index contributed by atoms with van der Waals surface area (Å²) in [5.41, 5.74) is 1.01. The van der Waals surface area contributed by atoms with Gasteiger partial charge in [-0.15, -0.1) is 10.9 Å². The van der Waals surface area contributed by atoms with Gasteiger partial charge in [-0.2, -0.15) is 0 Å². The summed E-state index contributed by atoms with van der Waals surface area (Å²) in [5, 5.41) is 0. The molecular weight excluding hydrogens is 335 g/mol. The number of halogens is 1. The molecule has 0 radical (unpaired) electrons.